The zero-order valence-corrected chi connectivity index (χ0v) is 21.2. The number of imide groups is 1. The first-order chi connectivity index (χ1) is 18.7. The lowest BCUT2D eigenvalue weighted by Gasteiger charge is -2.24. The Labute approximate surface area is 223 Å². The molecule has 0 saturated carbocycles. The lowest BCUT2D eigenvalue weighted by Crippen LogP contribution is -2.48. The predicted molar refractivity (Wildman–Crippen MR) is 142 cm³/mol. The molecule has 1 unspecified atom stereocenters. The first-order valence-corrected chi connectivity index (χ1v) is 12.3. The van der Waals surface area contributed by atoms with Crippen molar-refractivity contribution >= 4 is 34.7 Å². The quantitative estimate of drug-likeness (QED) is 0.169. The van der Waals surface area contributed by atoms with E-state index in [0.717, 1.165) is 10.5 Å². The second-order valence-electron chi connectivity index (χ2n) is 9.43. The van der Waals surface area contributed by atoms with Crippen molar-refractivity contribution in [1.82, 2.24) is 10.2 Å². The van der Waals surface area contributed by atoms with Crippen LogP contribution in [0.3, 0.4) is 0 Å². The molecule has 4 aromatic rings. The number of carbonyl (C=O) groups excluding carboxylic acids is 4. The molecule has 1 aliphatic rings. The number of fused-ring (bicyclic) bond motifs is 2. The number of benzene rings is 3. The molecule has 9 nitrogen and oxygen atoms in total. The number of nitrogens with zero attached hydrogens (tertiary/aromatic N) is 1. The molecule has 0 radical (unpaired) electrons. The summed E-state index contributed by atoms with van der Waals surface area (Å²) in [6, 6.07) is 19.7. The van der Waals surface area contributed by atoms with Gasteiger partial charge in [-0.3, -0.25) is 19.3 Å². The van der Waals surface area contributed by atoms with Gasteiger partial charge >= 0.3 is 11.6 Å². The molecule has 9 heteroatoms. The minimum absolute atomic E-state index is 0.0438. The molecule has 0 fully saturated rings. The maximum Gasteiger partial charge on any atom is 0.349 e. The fraction of sp³-hybridized carbons (Fsp3) is 0.167. The first kappa shape index (κ1) is 25.6. The van der Waals surface area contributed by atoms with Crippen LogP contribution < -0.4 is 15.7 Å². The first-order valence-electron chi connectivity index (χ1n) is 12.3. The average molecular weight is 525 g/mol. The molecule has 3 amide bonds. The molecular formula is C30H24N2O7. The van der Waals surface area contributed by atoms with Gasteiger partial charge in [0, 0.05) is 23.9 Å². The molecule has 0 saturated heterocycles. The minimum atomic E-state index is -1.25. The molecule has 5 rings (SSSR count). The Balaban J connectivity index is 1.45. The summed E-state index contributed by atoms with van der Waals surface area (Å²) >= 11 is 0. The number of hydrogen-bond donors (Lipinski definition) is 1. The number of ether oxygens (including phenoxy) is 1. The maximum absolute atomic E-state index is 13.5. The summed E-state index contributed by atoms with van der Waals surface area (Å²) in [6.07, 6.45) is 0.0438. The van der Waals surface area contributed by atoms with Gasteiger partial charge in [-0.25, -0.2) is 9.59 Å². The molecule has 3 aromatic carbocycles. The fourth-order valence-electron chi connectivity index (χ4n) is 4.45. The summed E-state index contributed by atoms with van der Waals surface area (Å²) in [4.78, 5) is 65.5. The highest BCUT2D eigenvalue weighted by atomic mass is 16.5. The lowest BCUT2D eigenvalue weighted by molar-refractivity contribution is -0.138. The Bertz CT molecular complexity index is 1640. The summed E-state index contributed by atoms with van der Waals surface area (Å²) in [5.41, 5.74) is 0.294. The van der Waals surface area contributed by atoms with Crippen molar-refractivity contribution in [2.24, 2.45) is 0 Å². The molecule has 1 aliphatic heterocycles. The summed E-state index contributed by atoms with van der Waals surface area (Å²) in [6.45, 7) is 3.54. The van der Waals surface area contributed by atoms with Gasteiger partial charge in [0.25, 0.3) is 17.7 Å². The third-order valence-electron chi connectivity index (χ3n) is 6.27. The van der Waals surface area contributed by atoms with Gasteiger partial charge in [-0.1, -0.05) is 42.5 Å². The monoisotopic (exact) mass is 524 g/mol. The van der Waals surface area contributed by atoms with E-state index < -0.39 is 35.4 Å². The zero-order chi connectivity index (χ0) is 27.7. The van der Waals surface area contributed by atoms with Crippen LogP contribution in [-0.2, 0) is 11.2 Å². The van der Waals surface area contributed by atoms with Gasteiger partial charge < -0.3 is 14.5 Å². The summed E-state index contributed by atoms with van der Waals surface area (Å²) in [5.74, 6) is -2.50. The van der Waals surface area contributed by atoms with E-state index in [9.17, 15) is 24.0 Å². The van der Waals surface area contributed by atoms with E-state index in [1.54, 1.807) is 68.4 Å². The van der Waals surface area contributed by atoms with E-state index in [1.807, 2.05) is 6.07 Å². The van der Waals surface area contributed by atoms with Gasteiger partial charge in [-0.15, -0.1) is 0 Å². The summed E-state index contributed by atoms with van der Waals surface area (Å²) in [7, 11) is 0. The SMILES string of the molecule is CC(C)NC(=O)c1cc2ccc(OC(=O)C(Cc3ccccc3)N3C(=O)c4ccccc4C3=O)cc2oc1=O. The Morgan fingerprint density at radius 2 is 1.51 bits per heavy atom. The van der Waals surface area contributed by atoms with Crippen molar-refractivity contribution < 1.29 is 28.3 Å². The van der Waals surface area contributed by atoms with Crippen molar-refractivity contribution in [2.45, 2.75) is 32.4 Å². The Morgan fingerprint density at radius 3 is 2.15 bits per heavy atom. The second kappa shape index (κ2) is 10.4. The van der Waals surface area contributed by atoms with Gasteiger partial charge in [0.1, 0.15) is 22.9 Å². The molecule has 1 aromatic heterocycles. The Morgan fingerprint density at radius 1 is 0.872 bits per heavy atom. The highest BCUT2D eigenvalue weighted by Crippen LogP contribution is 2.28. The number of carbonyl (C=O) groups is 4. The van der Waals surface area contributed by atoms with Crippen molar-refractivity contribution in [3.63, 3.8) is 0 Å². The number of amides is 3. The predicted octanol–water partition coefficient (Wildman–Crippen LogP) is 3.74. The minimum Gasteiger partial charge on any atom is -0.425 e. The normalized spacial score (nSPS) is 13.5. The molecule has 39 heavy (non-hydrogen) atoms. The molecule has 0 aliphatic carbocycles. The highest BCUT2D eigenvalue weighted by Gasteiger charge is 2.43. The molecule has 2 heterocycles. The van der Waals surface area contributed by atoms with Crippen molar-refractivity contribution in [2.75, 3.05) is 0 Å². The third kappa shape index (κ3) is 5.06. The van der Waals surface area contributed by atoms with E-state index in [4.69, 9.17) is 9.15 Å². The third-order valence-corrected chi connectivity index (χ3v) is 6.27. The fourth-order valence-corrected chi connectivity index (χ4v) is 4.45. The van der Waals surface area contributed by atoms with Crippen molar-refractivity contribution in [3.8, 4) is 5.75 Å². The van der Waals surface area contributed by atoms with Crippen LogP contribution in [0, 0.1) is 0 Å². The van der Waals surface area contributed by atoms with Crippen LogP contribution in [0.1, 0.15) is 50.5 Å². The van der Waals surface area contributed by atoms with Gasteiger partial charge in [-0.2, -0.15) is 0 Å². The van der Waals surface area contributed by atoms with Gasteiger partial charge in [0.05, 0.1) is 11.1 Å². The molecule has 1 N–H and O–H groups in total. The van der Waals surface area contributed by atoms with Crippen molar-refractivity contribution in [3.05, 3.63) is 112 Å². The van der Waals surface area contributed by atoms with Crippen LogP contribution in [0.15, 0.2) is 88.1 Å². The van der Waals surface area contributed by atoms with Gasteiger partial charge in [0.15, 0.2) is 0 Å². The number of nitrogens with one attached hydrogen (secondary N) is 1. The van der Waals surface area contributed by atoms with Crippen LogP contribution in [0.25, 0.3) is 11.0 Å². The maximum atomic E-state index is 13.5. The number of hydrogen-bond acceptors (Lipinski definition) is 7. The Hall–Kier alpha value is -5.05. The van der Waals surface area contributed by atoms with Crippen LogP contribution >= 0.6 is 0 Å². The van der Waals surface area contributed by atoms with E-state index >= 15 is 0 Å². The lowest BCUT2D eigenvalue weighted by atomic mass is 10.0. The van der Waals surface area contributed by atoms with Crippen LogP contribution in [0.5, 0.6) is 5.75 Å². The van der Waals surface area contributed by atoms with Crippen LogP contribution in [0.4, 0.5) is 0 Å². The standard InChI is InChI=1S/C30H24N2O7/c1-17(2)31-26(33)23-15-19-12-13-20(16-25(19)39-29(23)36)38-30(37)24(14-18-8-4-3-5-9-18)32-27(34)21-10-6-7-11-22(21)28(32)35/h3-13,15-17,24H,14H2,1-2H3,(H,31,33). The molecule has 0 bridgehead atoms. The van der Waals surface area contributed by atoms with E-state index in [-0.39, 0.29) is 40.5 Å². The number of esters is 1. The molecule has 1 atom stereocenters. The molecule has 196 valence electrons. The zero-order valence-electron chi connectivity index (χ0n) is 21.2. The summed E-state index contributed by atoms with van der Waals surface area (Å²) in [5, 5.41) is 3.10. The number of rotatable bonds is 7. The Kier molecular flexibility index (Phi) is 6.81. The van der Waals surface area contributed by atoms with E-state index in [2.05, 4.69) is 5.32 Å². The van der Waals surface area contributed by atoms with Crippen molar-refractivity contribution in [1.29, 1.82) is 0 Å². The average Bonchev–Trinajstić information content (AvgIpc) is 3.16. The smallest absolute Gasteiger partial charge is 0.349 e. The second-order valence-corrected chi connectivity index (χ2v) is 9.43. The molecule has 0 spiro atoms. The van der Waals surface area contributed by atoms with Crippen LogP contribution in [-0.4, -0.2) is 40.7 Å². The van der Waals surface area contributed by atoms with E-state index in [0.29, 0.717) is 5.39 Å². The summed E-state index contributed by atoms with van der Waals surface area (Å²) < 4.78 is 10.9. The topological polar surface area (TPSA) is 123 Å². The van der Waals surface area contributed by atoms with Gasteiger partial charge in [0.2, 0.25) is 0 Å². The van der Waals surface area contributed by atoms with Crippen LogP contribution in [0.2, 0.25) is 0 Å². The van der Waals surface area contributed by atoms with E-state index in [1.165, 1.54) is 18.2 Å². The highest BCUT2D eigenvalue weighted by molar-refractivity contribution is 6.22. The molecular weight excluding hydrogens is 500 g/mol. The van der Waals surface area contributed by atoms with Gasteiger partial charge in [-0.05, 0) is 49.7 Å². The largest absolute Gasteiger partial charge is 0.425 e.